The van der Waals surface area contributed by atoms with E-state index in [2.05, 4.69) is 5.32 Å². The van der Waals surface area contributed by atoms with Crippen molar-refractivity contribution in [2.24, 2.45) is 5.92 Å². The van der Waals surface area contributed by atoms with Gasteiger partial charge in [-0.25, -0.2) is 8.78 Å². The summed E-state index contributed by atoms with van der Waals surface area (Å²) in [5, 5.41) is 2.56. The Bertz CT molecular complexity index is 534. The van der Waals surface area contributed by atoms with E-state index in [4.69, 9.17) is 0 Å². The lowest BCUT2D eigenvalue weighted by Gasteiger charge is -2.31. The minimum Gasteiger partial charge on any atom is -0.342 e. The molecule has 1 aliphatic rings. The number of anilines is 1. The first-order valence-electron chi connectivity index (χ1n) is 6.49. The van der Waals surface area contributed by atoms with Gasteiger partial charge in [-0.05, 0) is 25.0 Å². The van der Waals surface area contributed by atoms with Crippen molar-refractivity contribution in [2.75, 3.05) is 18.4 Å². The Morgan fingerprint density at radius 2 is 2.05 bits per heavy atom. The van der Waals surface area contributed by atoms with Crippen LogP contribution in [-0.4, -0.2) is 29.8 Å². The van der Waals surface area contributed by atoms with Crippen LogP contribution >= 0.6 is 0 Å². The van der Waals surface area contributed by atoms with E-state index in [1.54, 1.807) is 4.90 Å². The average molecular weight is 282 g/mol. The summed E-state index contributed by atoms with van der Waals surface area (Å²) in [7, 11) is 0. The van der Waals surface area contributed by atoms with Crippen molar-refractivity contribution >= 4 is 17.5 Å². The number of carbonyl (C=O) groups is 2. The molecule has 1 saturated heterocycles. The number of piperidine rings is 1. The van der Waals surface area contributed by atoms with Crippen molar-refractivity contribution in [3.8, 4) is 0 Å². The van der Waals surface area contributed by atoms with Crippen LogP contribution in [0.3, 0.4) is 0 Å². The maximum absolute atomic E-state index is 13.1. The van der Waals surface area contributed by atoms with Crippen LogP contribution in [0, 0.1) is 17.6 Å². The molecule has 0 saturated carbocycles. The fourth-order valence-corrected chi connectivity index (χ4v) is 2.30. The molecule has 2 rings (SSSR count). The van der Waals surface area contributed by atoms with Gasteiger partial charge in [-0.2, -0.15) is 0 Å². The first-order chi connectivity index (χ1) is 9.47. The lowest BCUT2D eigenvalue weighted by atomic mass is 9.97. The van der Waals surface area contributed by atoms with Gasteiger partial charge in [0.2, 0.25) is 11.8 Å². The molecule has 1 heterocycles. The van der Waals surface area contributed by atoms with Crippen LogP contribution in [0.25, 0.3) is 0 Å². The van der Waals surface area contributed by atoms with E-state index in [1.807, 2.05) is 0 Å². The van der Waals surface area contributed by atoms with Crippen LogP contribution in [0.2, 0.25) is 0 Å². The van der Waals surface area contributed by atoms with Gasteiger partial charge in [-0.3, -0.25) is 9.59 Å². The van der Waals surface area contributed by atoms with Gasteiger partial charge in [0.15, 0.2) is 11.6 Å². The molecule has 1 aromatic rings. The predicted molar refractivity (Wildman–Crippen MR) is 70.0 cm³/mol. The molecule has 1 aliphatic heterocycles. The molecule has 0 bridgehead atoms. The third-order valence-electron chi connectivity index (χ3n) is 3.42. The molecule has 1 aromatic carbocycles. The third-order valence-corrected chi connectivity index (χ3v) is 3.42. The summed E-state index contributed by atoms with van der Waals surface area (Å²) in [6.07, 6.45) is 1.44. The number of rotatable bonds is 2. The highest BCUT2D eigenvalue weighted by atomic mass is 19.2. The van der Waals surface area contributed by atoms with Crippen LogP contribution in [-0.2, 0) is 9.59 Å². The summed E-state index contributed by atoms with van der Waals surface area (Å²) in [6.45, 7) is 2.49. The number of nitrogens with one attached hydrogen (secondary N) is 1. The topological polar surface area (TPSA) is 49.4 Å². The zero-order valence-corrected chi connectivity index (χ0v) is 11.2. The molecular formula is C14H16F2N2O2. The Morgan fingerprint density at radius 3 is 2.70 bits per heavy atom. The van der Waals surface area contributed by atoms with Gasteiger partial charge in [0.25, 0.3) is 0 Å². The van der Waals surface area contributed by atoms with E-state index >= 15 is 0 Å². The number of nitrogens with zero attached hydrogens (tertiary/aromatic N) is 1. The van der Waals surface area contributed by atoms with Crippen molar-refractivity contribution in [1.29, 1.82) is 0 Å². The highest BCUT2D eigenvalue weighted by Crippen LogP contribution is 2.20. The summed E-state index contributed by atoms with van der Waals surface area (Å²) in [6, 6.07) is 3.22. The second-order valence-corrected chi connectivity index (χ2v) is 4.92. The van der Waals surface area contributed by atoms with Crippen molar-refractivity contribution in [2.45, 2.75) is 19.8 Å². The summed E-state index contributed by atoms with van der Waals surface area (Å²) in [5.41, 5.74) is 0.217. The number of carbonyl (C=O) groups excluding carboxylic acids is 2. The molecule has 0 aromatic heterocycles. The number of hydrogen-bond donors (Lipinski definition) is 1. The molecule has 0 unspecified atom stereocenters. The minimum atomic E-state index is -1.00. The van der Waals surface area contributed by atoms with Crippen molar-refractivity contribution in [3.05, 3.63) is 29.8 Å². The lowest BCUT2D eigenvalue weighted by molar-refractivity contribution is -0.132. The highest BCUT2D eigenvalue weighted by molar-refractivity contribution is 5.93. The van der Waals surface area contributed by atoms with Crippen LogP contribution in [0.4, 0.5) is 14.5 Å². The minimum absolute atomic E-state index is 0.0599. The number of halogens is 2. The summed E-state index contributed by atoms with van der Waals surface area (Å²) >= 11 is 0. The molecule has 108 valence electrons. The van der Waals surface area contributed by atoms with Gasteiger partial charge in [0.1, 0.15) is 0 Å². The van der Waals surface area contributed by atoms with Crippen molar-refractivity contribution in [3.63, 3.8) is 0 Å². The second-order valence-electron chi connectivity index (χ2n) is 4.92. The van der Waals surface area contributed by atoms with E-state index in [9.17, 15) is 18.4 Å². The molecule has 1 fully saturated rings. The van der Waals surface area contributed by atoms with E-state index < -0.39 is 11.6 Å². The fourth-order valence-electron chi connectivity index (χ4n) is 2.30. The van der Waals surface area contributed by atoms with Gasteiger partial charge in [-0.15, -0.1) is 0 Å². The van der Waals surface area contributed by atoms with Gasteiger partial charge in [0.05, 0.1) is 5.92 Å². The zero-order chi connectivity index (χ0) is 14.7. The maximum atomic E-state index is 13.1. The first kappa shape index (κ1) is 14.4. The Balaban J connectivity index is 2.00. The summed E-state index contributed by atoms with van der Waals surface area (Å²) in [4.78, 5) is 25.0. The Kier molecular flexibility index (Phi) is 4.32. The molecule has 1 atom stereocenters. The summed E-state index contributed by atoms with van der Waals surface area (Å²) in [5.74, 6) is -2.61. The van der Waals surface area contributed by atoms with E-state index in [0.29, 0.717) is 19.5 Å². The standard InChI is InChI=1S/C14H16F2N2O2/c1-9(19)18-6-2-3-10(8-18)14(20)17-11-4-5-12(15)13(16)7-11/h4-5,7,10H,2-3,6,8H2,1H3,(H,17,20)/t10-/m0/s1. The quantitative estimate of drug-likeness (QED) is 0.903. The normalized spacial score (nSPS) is 18.8. The highest BCUT2D eigenvalue weighted by Gasteiger charge is 2.27. The number of likely N-dealkylation sites (tertiary alicyclic amines) is 1. The largest absolute Gasteiger partial charge is 0.342 e. The first-order valence-corrected chi connectivity index (χ1v) is 6.49. The maximum Gasteiger partial charge on any atom is 0.229 e. The summed E-state index contributed by atoms with van der Waals surface area (Å²) < 4.78 is 25.9. The van der Waals surface area contributed by atoms with Gasteiger partial charge < -0.3 is 10.2 Å². The Hall–Kier alpha value is -1.98. The van der Waals surface area contributed by atoms with E-state index in [-0.39, 0.29) is 23.4 Å². The van der Waals surface area contributed by atoms with E-state index in [1.165, 1.54) is 13.0 Å². The second kappa shape index (κ2) is 5.98. The smallest absolute Gasteiger partial charge is 0.229 e. The average Bonchev–Trinajstić information content (AvgIpc) is 2.43. The molecule has 1 N–H and O–H groups in total. The van der Waals surface area contributed by atoms with Gasteiger partial charge in [-0.1, -0.05) is 0 Å². The van der Waals surface area contributed by atoms with Crippen molar-refractivity contribution in [1.82, 2.24) is 4.90 Å². The lowest BCUT2D eigenvalue weighted by Crippen LogP contribution is -2.42. The number of benzene rings is 1. The molecule has 0 radical (unpaired) electrons. The molecular weight excluding hydrogens is 266 g/mol. The monoisotopic (exact) mass is 282 g/mol. The predicted octanol–water partition coefficient (Wildman–Crippen LogP) is 2.16. The fraction of sp³-hybridized carbons (Fsp3) is 0.429. The van der Waals surface area contributed by atoms with Crippen molar-refractivity contribution < 1.29 is 18.4 Å². The van der Waals surface area contributed by atoms with Crippen LogP contribution in [0.5, 0.6) is 0 Å². The van der Waals surface area contributed by atoms with Gasteiger partial charge >= 0.3 is 0 Å². The van der Waals surface area contributed by atoms with Crippen LogP contribution < -0.4 is 5.32 Å². The SMILES string of the molecule is CC(=O)N1CCC[C@H](C(=O)Nc2ccc(F)c(F)c2)C1. The molecule has 20 heavy (non-hydrogen) atoms. The van der Waals surface area contributed by atoms with Gasteiger partial charge in [0, 0.05) is 31.8 Å². The third kappa shape index (κ3) is 3.31. The molecule has 4 nitrogen and oxygen atoms in total. The van der Waals surface area contributed by atoms with E-state index in [0.717, 1.165) is 18.6 Å². The van der Waals surface area contributed by atoms with Crippen LogP contribution in [0.15, 0.2) is 18.2 Å². The number of amides is 2. The molecule has 0 spiro atoms. The zero-order valence-electron chi connectivity index (χ0n) is 11.2. The molecule has 6 heteroatoms. The van der Waals surface area contributed by atoms with Crippen LogP contribution in [0.1, 0.15) is 19.8 Å². The Morgan fingerprint density at radius 1 is 1.30 bits per heavy atom. The Labute approximate surface area is 115 Å². The number of hydrogen-bond acceptors (Lipinski definition) is 2. The molecule has 0 aliphatic carbocycles. The molecule has 2 amide bonds.